The lowest BCUT2D eigenvalue weighted by atomic mass is 9.86. The number of fused-ring (bicyclic) bond motifs is 1. The number of aromatic nitrogens is 4. The highest BCUT2D eigenvalue weighted by atomic mass is 32.1. The fourth-order valence-corrected chi connectivity index (χ4v) is 6.64. The summed E-state index contributed by atoms with van der Waals surface area (Å²) in [7, 11) is 0. The Kier molecular flexibility index (Phi) is 6.88. The molecule has 8 nitrogen and oxygen atoms in total. The minimum Gasteiger partial charge on any atom is -0.474 e. The minimum absolute atomic E-state index is 0.0409. The summed E-state index contributed by atoms with van der Waals surface area (Å²) in [5, 5.41) is 0.614. The normalized spacial score (nSPS) is 24.2. The molecule has 1 saturated carbocycles. The van der Waals surface area contributed by atoms with Crippen LogP contribution in [0.5, 0.6) is 5.88 Å². The molecule has 3 aromatic heterocycles. The summed E-state index contributed by atoms with van der Waals surface area (Å²) < 4.78 is 45.8. The van der Waals surface area contributed by atoms with Gasteiger partial charge in [0.1, 0.15) is 11.0 Å². The topological polar surface area (TPSA) is 107 Å². The van der Waals surface area contributed by atoms with Gasteiger partial charge in [0, 0.05) is 48.9 Å². The van der Waals surface area contributed by atoms with Crippen LogP contribution in [-0.2, 0) is 5.54 Å². The molecule has 3 aliphatic rings. The number of nitrogens with two attached hydrogens (primary N) is 1. The van der Waals surface area contributed by atoms with E-state index < -0.39 is 17.6 Å². The molecule has 3 aromatic rings. The van der Waals surface area contributed by atoms with Crippen LogP contribution >= 0.6 is 11.3 Å². The fraction of sp³-hybridized carbons (Fsp3) is 0.483. The van der Waals surface area contributed by atoms with Crippen LogP contribution < -0.4 is 10.5 Å². The number of allylic oxidation sites excluding steroid dienone is 2. The van der Waals surface area contributed by atoms with Crippen molar-refractivity contribution in [2.45, 2.75) is 57.9 Å². The third-order valence-electron chi connectivity index (χ3n) is 8.16. The van der Waals surface area contributed by atoms with Crippen molar-refractivity contribution in [1.29, 1.82) is 0 Å². The maximum Gasteiger partial charge on any atom is 0.392 e. The molecule has 1 saturated heterocycles. The fourth-order valence-electron chi connectivity index (χ4n) is 5.66. The predicted molar refractivity (Wildman–Crippen MR) is 148 cm³/mol. The number of nitrogens with zero attached hydrogens (tertiary/aromatic N) is 5. The van der Waals surface area contributed by atoms with E-state index in [1.54, 1.807) is 24.5 Å². The van der Waals surface area contributed by atoms with Crippen LogP contribution in [0, 0.1) is 24.7 Å². The molecule has 0 aromatic carbocycles. The van der Waals surface area contributed by atoms with Crippen LogP contribution in [-0.4, -0.2) is 56.1 Å². The summed E-state index contributed by atoms with van der Waals surface area (Å²) >= 11 is 1.30. The number of likely N-dealkylation sites (tertiary alicyclic amines) is 1. The number of amides is 1. The van der Waals surface area contributed by atoms with E-state index in [4.69, 9.17) is 10.5 Å². The highest BCUT2D eigenvalue weighted by Crippen LogP contribution is 2.49. The minimum atomic E-state index is -4.19. The van der Waals surface area contributed by atoms with E-state index in [1.165, 1.54) is 11.3 Å². The maximum absolute atomic E-state index is 13.3. The summed E-state index contributed by atoms with van der Waals surface area (Å²) in [5.74, 6) is -0.0913. The van der Waals surface area contributed by atoms with Crippen molar-refractivity contribution in [3.63, 3.8) is 0 Å². The van der Waals surface area contributed by atoms with Gasteiger partial charge < -0.3 is 15.4 Å². The van der Waals surface area contributed by atoms with E-state index >= 15 is 0 Å². The van der Waals surface area contributed by atoms with Crippen LogP contribution in [0.3, 0.4) is 0 Å². The van der Waals surface area contributed by atoms with E-state index in [2.05, 4.69) is 19.9 Å². The first kappa shape index (κ1) is 27.8. The number of hydrogen-bond donors (Lipinski definition) is 1. The second-order valence-corrected chi connectivity index (χ2v) is 12.7. The molecule has 0 bridgehead atoms. The first-order valence-electron chi connectivity index (χ1n) is 13.7. The third kappa shape index (κ3) is 5.59. The van der Waals surface area contributed by atoms with Gasteiger partial charge in [-0.25, -0.2) is 19.9 Å². The van der Waals surface area contributed by atoms with Gasteiger partial charge in [-0.1, -0.05) is 6.08 Å². The summed E-state index contributed by atoms with van der Waals surface area (Å²) in [6, 6.07) is 5.40. The molecular formula is C29H31F3N6O2S. The molecule has 2 N–H and O–H groups in total. The van der Waals surface area contributed by atoms with Crippen LogP contribution in [0.2, 0.25) is 0 Å². The van der Waals surface area contributed by atoms with E-state index in [9.17, 15) is 18.0 Å². The summed E-state index contributed by atoms with van der Waals surface area (Å²) in [6.07, 6.45) is 0.946. The van der Waals surface area contributed by atoms with Crippen LogP contribution in [0.4, 0.5) is 13.2 Å². The highest BCUT2D eigenvalue weighted by molar-refractivity contribution is 7.17. The number of piperidine rings is 1. The average Bonchev–Trinajstić information content (AvgIpc) is 3.25. The first-order valence-corrected chi connectivity index (χ1v) is 14.5. The van der Waals surface area contributed by atoms with Gasteiger partial charge in [0.2, 0.25) is 5.88 Å². The molecule has 2 fully saturated rings. The molecule has 6 rings (SSSR count). The van der Waals surface area contributed by atoms with Crippen LogP contribution in [0.15, 0.2) is 36.7 Å². The highest BCUT2D eigenvalue weighted by Gasteiger charge is 2.59. The predicted octanol–water partition coefficient (Wildman–Crippen LogP) is 5.39. The maximum atomic E-state index is 13.3. The molecule has 0 radical (unpaired) electrons. The number of pyridine rings is 1. The van der Waals surface area contributed by atoms with E-state index in [0.29, 0.717) is 52.5 Å². The monoisotopic (exact) mass is 584 g/mol. The largest absolute Gasteiger partial charge is 0.474 e. The molecule has 216 valence electrons. The molecule has 1 amide bonds. The van der Waals surface area contributed by atoms with Gasteiger partial charge in [-0.15, -0.1) is 11.3 Å². The van der Waals surface area contributed by atoms with Gasteiger partial charge in [0.25, 0.3) is 5.91 Å². The molecule has 2 aliphatic carbocycles. The quantitative estimate of drug-likeness (QED) is 0.414. The van der Waals surface area contributed by atoms with Gasteiger partial charge in [-0.2, -0.15) is 13.2 Å². The van der Waals surface area contributed by atoms with Gasteiger partial charge in [0.05, 0.1) is 17.3 Å². The Labute approximate surface area is 239 Å². The van der Waals surface area contributed by atoms with Crippen LogP contribution in [0.1, 0.15) is 59.7 Å². The average molecular weight is 585 g/mol. The third-order valence-corrected chi connectivity index (χ3v) is 9.30. The lowest BCUT2D eigenvalue weighted by molar-refractivity contribution is -0.175. The Morgan fingerprint density at radius 2 is 1.83 bits per heavy atom. The van der Waals surface area contributed by atoms with Crippen molar-refractivity contribution in [1.82, 2.24) is 24.8 Å². The number of halogens is 3. The number of carbonyl (C=O) groups excluding carboxylic acids is 1. The van der Waals surface area contributed by atoms with Crippen LogP contribution in [0.25, 0.3) is 16.4 Å². The summed E-state index contributed by atoms with van der Waals surface area (Å²) in [5.41, 5.74) is 8.57. The smallest absolute Gasteiger partial charge is 0.392 e. The Morgan fingerprint density at radius 1 is 1.12 bits per heavy atom. The summed E-state index contributed by atoms with van der Waals surface area (Å²) in [4.78, 5) is 33.4. The number of carbonyl (C=O) groups is 1. The number of rotatable bonds is 6. The van der Waals surface area contributed by atoms with Crippen molar-refractivity contribution < 1.29 is 22.7 Å². The molecular weight excluding hydrogens is 553 g/mol. The molecule has 1 aliphatic heterocycles. The molecule has 4 heterocycles. The van der Waals surface area contributed by atoms with E-state index in [0.717, 1.165) is 11.1 Å². The van der Waals surface area contributed by atoms with Gasteiger partial charge in [-0.3, -0.25) is 4.79 Å². The molecule has 41 heavy (non-hydrogen) atoms. The Balaban J connectivity index is 1.14. The van der Waals surface area contributed by atoms with Crippen molar-refractivity contribution in [3.05, 3.63) is 58.5 Å². The second kappa shape index (κ2) is 10.2. The number of alkyl halides is 3. The van der Waals surface area contributed by atoms with E-state index in [1.807, 2.05) is 37.8 Å². The number of aryl methyl sites for hydroxylation is 1. The van der Waals surface area contributed by atoms with Crippen molar-refractivity contribution in [3.8, 4) is 16.7 Å². The number of hydrogen-bond acceptors (Lipinski definition) is 8. The Morgan fingerprint density at radius 3 is 2.44 bits per heavy atom. The van der Waals surface area contributed by atoms with Crippen molar-refractivity contribution >= 4 is 22.8 Å². The Bertz CT molecular complexity index is 1490. The first-order chi connectivity index (χ1) is 19.4. The molecule has 3 atom stereocenters. The summed E-state index contributed by atoms with van der Waals surface area (Å²) in [6.45, 7) is 6.70. The molecule has 0 spiro atoms. The number of ether oxygens (including phenoxy) is 1. The lowest BCUT2D eigenvalue weighted by Gasteiger charge is -2.26. The van der Waals surface area contributed by atoms with Crippen molar-refractivity contribution in [2.24, 2.45) is 23.5 Å². The SMILES string of the molecule is Cc1nc(-c2ncccn2)sc1C(=O)N1CC2C(C1)C2Oc1cc(C(C)(C)N)cc(C2=CCC(C(F)(F)F)CC2)n1. The zero-order valence-corrected chi connectivity index (χ0v) is 23.8. The van der Waals surface area contributed by atoms with Crippen molar-refractivity contribution in [2.75, 3.05) is 13.1 Å². The van der Waals surface area contributed by atoms with Gasteiger partial charge in [0.15, 0.2) is 10.8 Å². The molecule has 3 unspecified atom stereocenters. The van der Waals surface area contributed by atoms with E-state index in [-0.39, 0.29) is 36.7 Å². The number of thiazole rings is 1. The zero-order valence-electron chi connectivity index (χ0n) is 23.0. The lowest BCUT2D eigenvalue weighted by Crippen LogP contribution is -2.33. The molecule has 12 heteroatoms. The van der Waals surface area contributed by atoms with Gasteiger partial charge >= 0.3 is 6.18 Å². The zero-order chi connectivity index (χ0) is 29.1. The standard InChI is InChI=1S/C29H31F3N6O2S/c1-15-24(41-26(36-15)25-34-9-4-10-35-25)27(39)38-13-19-20(14-38)23(19)40-22-12-18(28(2,3)33)11-21(37-22)16-5-7-17(8-6-16)29(30,31)32/h4-5,9-12,17,19-20,23H,6-8,13-14,33H2,1-3H3. The second-order valence-electron chi connectivity index (χ2n) is 11.7. The Hall–Kier alpha value is -3.38. The van der Waals surface area contributed by atoms with Gasteiger partial charge in [-0.05, 0) is 63.3 Å².